The molecule has 2 heteroatoms. The highest BCUT2D eigenvalue weighted by Crippen LogP contribution is 2.08. The summed E-state index contributed by atoms with van der Waals surface area (Å²) in [5.41, 5.74) is 1.76. The van der Waals surface area contributed by atoms with Crippen molar-refractivity contribution in [2.24, 2.45) is 0 Å². The Morgan fingerprint density at radius 3 is 2.88 bits per heavy atom. The molecule has 16 heavy (non-hydrogen) atoms. The van der Waals surface area contributed by atoms with E-state index < -0.39 is 0 Å². The molecule has 0 bridgehead atoms. The van der Waals surface area contributed by atoms with E-state index in [1.165, 1.54) is 0 Å². The van der Waals surface area contributed by atoms with E-state index in [4.69, 9.17) is 4.74 Å². The van der Waals surface area contributed by atoms with Crippen molar-refractivity contribution in [3.63, 3.8) is 0 Å². The number of ether oxygens (including phenoxy) is 1. The largest absolute Gasteiger partial charge is 0.373 e. The van der Waals surface area contributed by atoms with Crippen LogP contribution in [0.25, 0.3) is 0 Å². The molecule has 86 valence electrons. The molecule has 0 fully saturated rings. The number of rotatable bonds is 7. The lowest BCUT2D eigenvalue weighted by Crippen LogP contribution is -2.11. The van der Waals surface area contributed by atoms with Crippen LogP contribution in [0, 0.1) is 6.92 Å². The number of carbonyl (C=O) groups excluding carboxylic acids is 1. The lowest BCUT2D eigenvalue weighted by molar-refractivity contribution is 0.0756. The second-order valence-electron chi connectivity index (χ2n) is 3.72. The zero-order valence-electron chi connectivity index (χ0n) is 9.74. The van der Waals surface area contributed by atoms with Gasteiger partial charge < -0.3 is 4.74 Å². The molecule has 0 aliphatic heterocycles. The number of hydrogen-bond donors (Lipinski definition) is 0. The molecule has 0 atom stereocenters. The van der Waals surface area contributed by atoms with Gasteiger partial charge in [0.25, 0.3) is 0 Å². The van der Waals surface area contributed by atoms with Gasteiger partial charge in [-0.25, -0.2) is 0 Å². The van der Waals surface area contributed by atoms with E-state index in [-0.39, 0.29) is 12.4 Å². The summed E-state index contributed by atoms with van der Waals surface area (Å²) in [6, 6.07) is 7.57. The predicted octanol–water partition coefficient (Wildman–Crippen LogP) is 3.16. The number of hydrogen-bond acceptors (Lipinski definition) is 2. The Hall–Kier alpha value is -1.41. The highest BCUT2D eigenvalue weighted by atomic mass is 16.5. The first-order valence-electron chi connectivity index (χ1n) is 5.53. The number of benzene rings is 1. The monoisotopic (exact) mass is 218 g/mol. The van der Waals surface area contributed by atoms with Gasteiger partial charge in [0.2, 0.25) is 0 Å². The summed E-state index contributed by atoms with van der Waals surface area (Å²) in [6.45, 7) is 6.35. The third-order valence-electron chi connectivity index (χ3n) is 2.38. The van der Waals surface area contributed by atoms with Crippen LogP contribution in [0.15, 0.2) is 36.9 Å². The molecule has 0 aliphatic rings. The molecule has 0 N–H and O–H groups in total. The first-order valence-corrected chi connectivity index (χ1v) is 5.53. The first-order chi connectivity index (χ1) is 7.75. The average molecular weight is 218 g/mol. The van der Waals surface area contributed by atoms with Crippen LogP contribution in [0.2, 0.25) is 0 Å². The second kappa shape index (κ2) is 6.96. The van der Waals surface area contributed by atoms with Gasteiger partial charge in [0.1, 0.15) is 6.61 Å². The zero-order valence-corrected chi connectivity index (χ0v) is 9.74. The maximum absolute atomic E-state index is 11.8. The van der Waals surface area contributed by atoms with Crippen LogP contribution >= 0.6 is 0 Å². The molecule has 0 spiro atoms. The molecule has 0 radical (unpaired) electrons. The summed E-state index contributed by atoms with van der Waals surface area (Å²) in [5, 5.41) is 0. The van der Waals surface area contributed by atoms with Crippen molar-refractivity contribution in [1.29, 1.82) is 0 Å². The number of aryl methyl sites for hydroxylation is 1. The Morgan fingerprint density at radius 2 is 2.19 bits per heavy atom. The standard InChI is InChI=1S/C14H18O2/c1-3-4-7-10-16-11-14(15)13-9-6-5-8-12(13)2/h3,5-6,8-9H,1,4,7,10-11H2,2H3. The van der Waals surface area contributed by atoms with Crippen molar-refractivity contribution in [2.75, 3.05) is 13.2 Å². The third kappa shape index (κ3) is 3.99. The normalized spacial score (nSPS) is 10.1. The average Bonchev–Trinajstić information content (AvgIpc) is 2.29. The quantitative estimate of drug-likeness (QED) is 0.399. The van der Waals surface area contributed by atoms with Crippen LogP contribution in [0.3, 0.4) is 0 Å². The van der Waals surface area contributed by atoms with Gasteiger partial charge in [0.05, 0.1) is 0 Å². The van der Waals surface area contributed by atoms with E-state index in [2.05, 4.69) is 6.58 Å². The minimum absolute atomic E-state index is 0.0525. The molecule has 1 aromatic carbocycles. The van der Waals surface area contributed by atoms with Crippen LogP contribution < -0.4 is 0 Å². The van der Waals surface area contributed by atoms with Gasteiger partial charge in [0, 0.05) is 12.2 Å². The van der Waals surface area contributed by atoms with E-state index >= 15 is 0 Å². The van der Waals surface area contributed by atoms with Crippen LogP contribution in [-0.2, 0) is 4.74 Å². The van der Waals surface area contributed by atoms with Crippen molar-refractivity contribution in [1.82, 2.24) is 0 Å². The van der Waals surface area contributed by atoms with Gasteiger partial charge in [0.15, 0.2) is 5.78 Å². The maximum atomic E-state index is 11.8. The van der Waals surface area contributed by atoms with E-state index in [1.54, 1.807) is 0 Å². The molecular formula is C14H18O2. The minimum Gasteiger partial charge on any atom is -0.373 e. The van der Waals surface area contributed by atoms with Crippen LogP contribution in [0.4, 0.5) is 0 Å². The molecule has 1 rings (SSSR count). The van der Waals surface area contributed by atoms with Crippen LogP contribution in [0.1, 0.15) is 28.8 Å². The summed E-state index contributed by atoms with van der Waals surface area (Å²) in [7, 11) is 0. The molecular weight excluding hydrogens is 200 g/mol. The summed E-state index contributed by atoms with van der Waals surface area (Å²) >= 11 is 0. The zero-order chi connectivity index (χ0) is 11.8. The topological polar surface area (TPSA) is 26.3 Å². The summed E-state index contributed by atoms with van der Waals surface area (Å²) in [4.78, 5) is 11.8. The number of unbranched alkanes of at least 4 members (excludes halogenated alkanes) is 1. The van der Waals surface area contributed by atoms with Gasteiger partial charge in [-0.1, -0.05) is 30.3 Å². The van der Waals surface area contributed by atoms with E-state index in [1.807, 2.05) is 37.3 Å². The van der Waals surface area contributed by atoms with Gasteiger partial charge >= 0.3 is 0 Å². The Balaban J connectivity index is 2.36. The van der Waals surface area contributed by atoms with Crippen molar-refractivity contribution in [2.45, 2.75) is 19.8 Å². The summed E-state index contributed by atoms with van der Waals surface area (Å²) < 4.78 is 5.31. The van der Waals surface area contributed by atoms with E-state index in [0.29, 0.717) is 6.61 Å². The highest BCUT2D eigenvalue weighted by Gasteiger charge is 2.07. The third-order valence-corrected chi connectivity index (χ3v) is 2.38. The SMILES string of the molecule is C=CCCCOCC(=O)c1ccccc1C. The van der Waals surface area contributed by atoms with Crippen molar-refractivity contribution < 1.29 is 9.53 Å². The number of Topliss-reactive ketones (excluding diaryl/α,β-unsaturated/α-hetero) is 1. The molecule has 0 amide bonds. The van der Waals surface area contributed by atoms with Crippen LogP contribution in [-0.4, -0.2) is 19.0 Å². The van der Waals surface area contributed by atoms with Gasteiger partial charge in [-0.3, -0.25) is 4.79 Å². The Kier molecular flexibility index (Phi) is 5.51. The molecule has 0 unspecified atom stereocenters. The summed E-state index contributed by atoms with van der Waals surface area (Å²) in [5.74, 6) is 0.0525. The maximum Gasteiger partial charge on any atom is 0.188 e. The lowest BCUT2D eigenvalue weighted by Gasteiger charge is -2.05. The fourth-order valence-corrected chi connectivity index (χ4v) is 1.46. The smallest absolute Gasteiger partial charge is 0.188 e. The first kappa shape index (κ1) is 12.7. The molecule has 0 heterocycles. The minimum atomic E-state index is 0.0525. The molecule has 0 saturated carbocycles. The fraction of sp³-hybridized carbons (Fsp3) is 0.357. The number of carbonyl (C=O) groups is 1. The lowest BCUT2D eigenvalue weighted by atomic mass is 10.1. The molecule has 0 saturated heterocycles. The predicted molar refractivity (Wildman–Crippen MR) is 65.8 cm³/mol. The fourth-order valence-electron chi connectivity index (χ4n) is 1.46. The molecule has 2 nitrogen and oxygen atoms in total. The van der Waals surface area contributed by atoms with Crippen LogP contribution in [0.5, 0.6) is 0 Å². The molecule has 0 aliphatic carbocycles. The molecule has 1 aromatic rings. The second-order valence-corrected chi connectivity index (χ2v) is 3.72. The van der Waals surface area contributed by atoms with Gasteiger partial charge in [-0.05, 0) is 25.3 Å². The molecule has 0 aromatic heterocycles. The van der Waals surface area contributed by atoms with Crippen molar-refractivity contribution >= 4 is 5.78 Å². The van der Waals surface area contributed by atoms with Crippen molar-refractivity contribution in [3.05, 3.63) is 48.0 Å². The van der Waals surface area contributed by atoms with Gasteiger partial charge in [-0.2, -0.15) is 0 Å². The Labute approximate surface area is 96.9 Å². The highest BCUT2D eigenvalue weighted by molar-refractivity contribution is 5.98. The van der Waals surface area contributed by atoms with Crippen molar-refractivity contribution in [3.8, 4) is 0 Å². The number of ketones is 1. The van der Waals surface area contributed by atoms with E-state index in [0.717, 1.165) is 24.0 Å². The van der Waals surface area contributed by atoms with E-state index in [9.17, 15) is 4.79 Å². The van der Waals surface area contributed by atoms with Gasteiger partial charge in [-0.15, -0.1) is 6.58 Å². The number of allylic oxidation sites excluding steroid dienone is 1. The Morgan fingerprint density at radius 1 is 1.44 bits per heavy atom. The Bertz CT molecular complexity index is 356. The summed E-state index contributed by atoms with van der Waals surface area (Å²) in [6.07, 6.45) is 3.70.